The Kier molecular flexibility index (Phi) is 5.49. The van der Waals surface area contributed by atoms with Gasteiger partial charge in [-0.3, -0.25) is 19.3 Å². The second kappa shape index (κ2) is 8.08. The number of likely N-dealkylation sites (tertiary alicyclic amines) is 1. The molecule has 1 aliphatic heterocycles. The van der Waals surface area contributed by atoms with Gasteiger partial charge in [-0.2, -0.15) is 0 Å². The zero-order chi connectivity index (χ0) is 21.4. The fraction of sp³-hybridized carbons (Fsp3) is 0.545. The van der Waals surface area contributed by atoms with Crippen LogP contribution in [0.1, 0.15) is 33.1 Å². The molecule has 0 spiro atoms. The molecular formula is C22H26N2O6. The molecule has 3 amide bonds. The van der Waals surface area contributed by atoms with Crippen LogP contribution in [0.5, 0.6) is 5.75 Å². The van der Waals surface area contributed by atoms with Crippen molar-refractivity contribution >= 4 is 29.4 Å². The first-order valence-corrected chi connectivity index (χ1v) is 10.5. The average Bonchev–Trinajstić information content (AvgIpc) is 3.41. The molecular weight excluding hydrogens is 388 g/mol. The highest BCUT2D eigenvalue weighted by Gasteiger charge is 2.62. The molecule has 160 valence electrons. The molecule has 0 unspecified atom stereocenters. The fourth-order valence-electron chi connectivity index (χ4n) is 5.17. The van der Waals surface area contributed by atoms with E-state index in [4.69, 9.17) is 9.47 Å². The van der Waals surface area contributed by atoms with Crippen LogP contribution in [0.4, 0.5) is 5.69 Å². The van der Waals surface area contributed by atoms with Gasteiger partial charge >= 0.3 is 5.97 Å². The molecule has 1 heterocycles. The molecule has 1 N–H and O–H groups in total. The number of amides is 3. The molecule has 1 aromatic rings. The maximum absolute atomic E-state index is 12.8. The van der Waals surface area contributed by atoms with E-state index < -0.39 is 24.5 Å². The number of hydrogen-bond acceptors (Lipinski definition) is 6. The first-order valence-electron chi connectivity index (χ1n) is 10.5. The largest absolute Gasteiger partial charge is 0.494 e. The van der Waals surface area contributed by atoms with Crippen molar-refractivity contribution in [3.8, 4) is 5.75 Å². The minimum atomic E-state index is -1.03. The van der Waals surface area contributed by atoms with E-state index in [0.29, 0.717) is 18.0 Å². The predicted octanol–water partition coefficient (Wildman–Crippen LogP) is 1.99. The lowest BCUT2D eigenvalue weighted by molar-refractivity contribution is -0.159. The number of nitrogens with one attached hydrogen (secondary N) is 1. The van der Waals surface area contributed by atoms with Crippen molar-refractivity contribution in [1.82, 2.24) is 4.90 Å². The number of esters is 1. The first-order chi connectivity index (χ1) is 14.4. The summed E-state index contributed by atoms with van der Waals surface area (Å²) in [6.45, 7) is 3.41. The molecule has 3 aliphatic rings. The lowest BCUT2D eigenvalue weighted by atomic mass is 9.81. The lowest BCUT2D eigenvalue weighted by Gasteiger charge is -2.23. The summed E-state index contributed by atoms with van der Waals surface area (Å²) in [7, 11) is 0. The number of benzene rings is 1. The Morgan fingerprint density at radius 1 is 1.10 bits per heavy atom. The fourth-order valence-corrected chi connectivity index (χ4v) is 5.17. The van der Waals surface area contributed by atoms with Crippen molar-refractivity contribution in [3.05, 3.63) is 24.3 Å². The summed E-state index contributed by atoms with van der Waals surface area (Å²) in [5, 5.41) is 2.63. The van der Waals surface area contributed by atoms with Gasteiger partial charge in [-0.25, -0.2) is 4.79 Å². The zero-order valence-corrected chi connectivity index (χ0v) is 17.1. The van der Waals surface area contributed by atoms with Gasteiger partial charge in [0.05, 0.1) is 18.4 Å². The summed E-state index contributed by atoms with van der Waals surface area (Å²) in [5.41, 5.74) is 0.542. The van der Waals surface area contributed by atoms with Gasteiger partial charge in [0.2, 0.25) is 11.8 Å². The van der Waals surface area contributed by atoms with Gasteiger partial charge in [-0.1, -0.05) is 0 Å². The molecule has 2 bridgehead atoms. The molecule has 1 aromatic carbocycles. The monoisotopic (exact) mass is 414 g/mol. The van der Waals surface area contributed by atoms with Gasteiger partial charge in [0, 0.05) is 5.69 Å². The lowest BCUT2D eigenvalue weighted by Crippen LogP contribution is -2.45. The van der Waals surface area contributed by atoms with Crippen LogP contribution in [-0.4, -0.2) is 47.8 Å². The van der Waals surface area contributed by atoms with Gasteiger partial charge in [0.1, 0.15) is 11.8 Å². The van der Waals surface area contributed by atoms with E-state index in [1.54, 1.807) is 24.3 Å². The quantitative estimate of drug-likeness (QED) is 0.541. The summed E-state index contributed by atoms with van der Waals surface area (Å²) < 4.78 is 10.4. The number of nitrogens with zero attached hydrogens (tertiary/aromatic N) is 1. The maximum atomic E-state index is 12.8. The zero-order valence-electron chi connectivity index (χ0n) is 17.1. The van der Waals surface area contributed by atoms with Crippen LogP contribution in [0, 0.1) is 23.7 Å². The van der Waals surface area contributed by atoms with Crippen molar-refractivity contribution in [2.75, 3.05) is 18.5 Å². The summed E-state index contributed by atoms with van der Waals surface area (Å²) in [5.74, 6) is -1.16. The van der Waals surface area contributed by atoms with E-state index in [1.165, 1.54) is 6.92 Å². The van der Waals surface area contributed by atoms with Crippen LogP contribution in [0.3, 0.4) is 0 Å². The Morgan fingerprint density at radius 3 is 2.27 bits per heavy atom. The molecule has 5 atom stereocenters. The highest BCUT2D eigenvalue weighted by atomic mass is 16.5. The minimum absolute atomic E-state index is 0.254. The maximum Gasteiger partial charge on any atom is 0.329 e. The van der Waals surface area contributed by atoms with Crippen LogP contribution in [0.25, 0.3) is 0 Å². The molecule has 8 heteroatoms. The highest BCUT2D eigenvalue weighted by Crippen LogP contribution is 2.56. The third-order valence-corrected chi connectivity index (χ3v) is 6.48. The van der Waals surface area contributed by atoms with Crippen molar-refractivity contribution in [2.24, 2.45) is 23.7 Å². The molecule has 2 aliphatic carbocycles. The van der Waals surface area contributed by atoms with Gasteiger partial charge in [-0.05, 0) is 69.2 Å². The number of hydrogen-bond donors (Lipinski definition) is 1. The van der Waals surface area contributed by atoms with E-state index in [0.717, 1.165) is 24.2 Å². The van der Waals surface area contributed by atoms with E-state index in [-0.39, 0.29) is 35.5 Å². The van der Waals surface area contributed by atoms with E-state index >= 15 is 0 Å². The first kappa shape index (κ1) is 20.4. The molecule has 8 nitrogen and oxygen atoms in total. The summed E-state index contributed by atoms with van der Waals surface area (Å²) in [6, 6.07) is 5.78. The van der Waals surface area contributed by atoms with E-state index in [2.05, 4.69) is 5.32 Å². The minimum Gasteiger partial charge on any atom is -0.494 e. The Bertz CT molecular complexity index is 839. The summed E-state index contributed by atoms with van der Waals surface area (Å²) in [6.07, 6.45) is 2.89. The SMILES string of the molecule is CCOc1ccc(NC(=O)COC(=O)[C@H](C)N2C(=O)[C@H]3[C@@H]4CC[C@@H](C4)[C@@H]3C2=O)cc1. The van der Waals surface area contributed by atoms with Crippen LogP contribution < -0.4 is 10.1 Å². The second-order valence-corrected chi connectivity index (χ2v) is 8.22. The van der Waals surface area contributed by atoms with Crippen molar-refractivity contribution in [3.63, 3.8) is 0 Å². The molecule has 3 fully saturated rings. The molecule has 1 saturated heterocycles. The van der Waals surface area contributed by atoms with Crippen LogP contribution in [0.2, 0.25) is 0 Å². The van der Waals surface area contributed by atoms with Gasteiger partial charge in [0.15, 0.2) is 6.61 Å². The third kappa shape index (κ3) is 3.55. The van der Waals surface area contributed by atoms with Crippen LogP contribution in [0.15, 0.2) is 24.3 Å². The van der Waals surface area contributed by atoms with Crippen LogP contribution >= 0.6 is 0 Å². The number of anilines is 1. The van der Waals surface area contributed by atoms with Crippen LogP contribution in [-0.2, 0) is 23.9 Å². The molecule has 4 rings (SSSR count). The summed E-state index contributed by atoms with van der Waals surface area (Å²) >= 11 is 0. The molecule has 30 heavy (non-hydrogen) atoms. The molecule has 2 saturated carbocycles. The van der Waals surface area contributed by atoms with Crippen molar-refractivity contribution in [1.29, 1.82) is 0 Å². The molecule has 0 radical (unpaired) electrons. The predicted molar refractivity (Wildman–Crippen MR) is 106 cm³/mol. The second-order valence-electron chi connectivity index (χ2n) is 8.22. The van der Waals surface area contributed by atoms with Crippen molar-refractivity contribution < 1.29 is 28.7 Å². The van der Waals surface area contributed by atoms with Gasteiger partial charge in [-0.15, -0.1) is 0 Å². The number of carbonyl (C=O) groups excluding carboxylic acids is 4. The van der Waals surface area contributed by atoms with E-state index in [1.807, 2.05) is 6.92 Å². The van der Waals surface area contributed by atoms with Gasteiger partial charge in [0.25, 0.3) is 5.91 Å². The Balaban J connectivity index is 1.30. The van der Waals surface area contributed by atoms with E-state index in [9.17, 15) is 19.2 Å². The topological polar surface area (TPSA) is 102 Å². The van der Waals surface area contributed by atoms with Crippen molar-refractivity contribution in [2.45, 2.75) is 39.2 Å². The number of fused-ring (bicyclic) bond motifs is 5. The number of ether oxygens (including phenoxy) is 2. The Hall–Kier alpha value is -2.90. The number of imide groups is 1. The third-order valence-electron chi connectivity index (χ3n) is 6.48. The summed E-state index contributed by atoms with van der Waals surface area (Å²) in [4.78, 5) is 51.2. The normalized spacial score (nSPS) is 27.7. The smallest absolute Gasteiger partial charge is 0.329 e. The van der Waals surface area contributed by atoms with Gasteiger partial charge < -0.3 is 14.8 Å². The number of rotatable bonds is 7. The Labute approximate surface area is 174 Å². The Morgan fingerprint density at radius 2 is 1.70 bits per heavy atom. The standard InChI is InChI=1S/C22H26N2O6/c1-3-29-16-8-6-15(7-9-16)23-17(25)11-30-22(28)12(2)24-20(26)18-13-4-5-14(10-13)19(18)21(24)27/h6-9,12-14,18-19H,3-5,10-11H2,1-2H3,(H,23,25)/t12-,13-,14+,18-,19-/m0/s1. The highest BCUT2D eigenvalue weighted by molar-refractivity contribution is 6.08. The molecule has 0 aromatic heterocycles. The average molecular weight is 414 g/mol. The number of carbonyl (C=O) groups is 4.